The Balaban J connectivity index is 1.87. The molecule has 0 radical (unpaired) electrons. The molecule has 0 saturated heterocycles. The van der Waals surface area contributed by atoms with Crippen LogP contribution in [0.5, 0.6) is 0 Å². The van der Waals surface area contributed by atoms with Gasteiger partial charge in [-0.15, -0.1) is 0 Å². The van der Waals surface area contributed by atoms with E-state index in [2.05, 4.69) is 15.0 Å². The van der Waals surface area contributed by atoms with Gasteiger partial charge < -0.3 is 10.5 Å². The number of alkyl halides is 2. The van der Waals surface area contributed by atoms with E-state index in [1.54, 1.807) is 19.9 Å². The van der Waals surface area contributed by atoms with Gasteiger partial charge in [-0.25, -0.2) is 23.1 Å². The van der Waals surface area contributed by atoms with Gasteiger partial charge in [0.2, 0.25) is 0 Å². The third-order valence-electron chi connectivity index (χ3n) is 4.21. The molecule has 1 aliphatic rings. The van der Waals surface area contributed by atoms with Crippen molar-refractivity contribution in [2.24, 2.45) is 10.7 Å². The summed E-state index contributed by atoms with van der Waals surface area (Å²) in [6, 6.07) is 4.13. The Labute approximate surface area is 159 Å². The number of ether oxygens (including phenoxy) is 1. The van der Waals surface area contributed by atoms with Crippen LogP contribution < -0.4 is 5.73 Å². The standard InChI is InChI=1S/C19H17F3N4O2/c1-10-7-19(2,26-18(23)28-10)12-5-11(3-4-13(12)20)6-16(27)14-8-25-15(9-24-14)17(21)22/h3-5,7-9,17H,6H2,1-2H3,(H2,23,26)/t19-/m0/s1. The van der Waals surface area contributed by atoms with E-state index in [9.17, 15) is 18.0 Å². The lowest BCUT2D eigenvalue weighted by Gasteiger charge is -2.27. The number of benzene rings is 1. The van der Waals surface area contributed by atoms with Gasteiger partial charge >= 0.3 is 0 Å². The molecule has 1 atom stereocenters. The van der Waals surface area contributed by atoms with Crippen LogP contribution in [0.1, 0.15) is 47.6 Å². The van der Waals surface area contributed by atoms with E-state index in [1.165, 1.54) is 18.2 Å². The number of halogens is 3. The van der Waals surface area contributed by atoms with Gasteiger partial charge in [-0.05, 0) is 37.6 Å². The molecule has 1 aromatic carbocycles. The predicted octanol–water partition coefficient (Wildman–Crippen LogP) is 3.44. The smallest absolute Gasteiger partial charge is 0.288 e. The highest BCUT2D eigenvalue weighted by atomic mass is 19.3. The van der Waals surface area contributed by atoms with Crippen LogP contribution in [-0.2, 0) is 16.7 Å². The molecule has 0 spiro atoms. The Kier molecular flexibility index (Phi) is 5.17. The maximum Gasteiger partial charge on any atom is 0.288 e. The zero-order valence-corrected chi connectivity index (χ0v) is 15.1. The fourth-order valence-electron chi connectivity index (χ4n) is 2.95. The van der Waals surface area contributed by atoms with E-state index >= 15 is 0 Å². The lowest BCUT2D eigenvalue weighted by molar-refractivity contribution is 0.0986. The largest absolute Gasteiger partial charge is 0.431 e. The Morgan fingerprint density at radius 1 is 1.29 bits per heavy atom. The molecule has 0 amide bonds. The van der Waals surface area contributed by atoms with Crippen molar-refractivity contribution in [3.63, 3.8) is 0 Å². The first-order valence-corrected chi connectivity index (χ1v) is 8.33. The topological polar surface area (TPSA) is 90.5 Å². The van der Waals surface area contributed by atoms with Crippen LogP contribution in [0.4, 0.5) is 13.2 Å². The van der Waals surface area contributed by atoms with Crippen LogP contribution in [0.25, 0.3) is 0 Å². The molecular weight excluding hydrogens is 373 g/mol. The number of carbonyl (C=O) groups excluding carboxylic acids is 1. The number of ketones is 1. The Hall–Kier alpha value is -3.23. The fourth-order valence-corrected chi connectivity index (χ4v) is 2.95. The second kappa shape index (κ2) is 7.41. The Morgan fingerprint density at radius 3 is 2.64 bits per heavy atom. The number of hydrogen-bond acceptors (Lipinski definition) is 6. The van der Waals surface area contributed by atoms with Gasteiger partial charge in [-0.3, -0.25) is 9.78 Å². The van der Waals surface area contributed by atoms with Crippen molar-refractivity contribution in [3.8, 4) is 0 Å². The highest BCUT2D eigenvalue weighted by Crippen LogP contribution is 2.34. The SMILES string of the molecule is CC1=C[C@@](C)(c2cc(CC(=O)c3cnc(C(F)F)cn3)ccc2F)N=C(N)O1. The summed E-state index contributed by atoms with van der Waals surface area (Å²) in [6.07, 6.45) is 0.626. The van der Waals surface area contributed by atoms with Crippen molar-refractivity contribution in [3.05, 3.63) is 70.8 Å². The van der Waals surface area contributed by atoms with E-state index in [4.69, 9.17) is 10.5 Å². The van der Waals surface area contributed by atoms with Gasteiger partial charge in [0.25, 0.3) is 12.4 Å². The first kappa shape index (κ1) is 19.5. The second-order valence-electron chi connectivity index (χ2n) is 6.50. The summed E-state index contributed by atoms with van der Waals surface area (Å²) in [5.74, 6) is -0.467. The number of carbonyl (C=O) groups is 1. The molecule has 2 heterocycles. The zero-order valence-electron chi connectivity index (χ0n) is 15.1. The summed E-state index contributed by atoms with van der Waals surface area (Å²) in [6.45, 7) is 3.34. The summed E-state index contributed by atoms with van der Waals surface area (Å²) in [5, 5.41) is 0. The van der Waals surface area contributed by atoms with E-state index in [0.717, 1.165) is 12.4 Å². The molecule has 3 rings (SSSR count). The molecule has 0 fully saturated rings. The molecule has 0 bridgehead atoms. The highest BCUT2D eigenvalue weighted by molar-refractivity contribution is 5.95. The first-order chi connectivity index (χ1) is 13.2. The summed E-state index contributed by atoms with van der Waals surface area (Å²) < 4.78 is 44.7. The molecule has 28 heavy (non-hydrogen) atoms. The number of hydrogen-bond donors (Lipinski definition) is 1. The van der Waals surface area contributed by atoms with Crippen molar-refractivity contribution >= 4 is 11.8 Å². The van der Waals surface area contributed by atoms with E-state index < -0.39 is 29.3 Å². The number of aromatic nitrogens is 2. The van der Waals surface area contributed by atoms with Crippen LogP contribution in [-0.4, -0.2) is 21.8 Å². The van der Waals surface area contributed by atoms with Crippen molar-refractivity contribution in [1.82, 2.24) is 9.97 Å². The third-order valence-corrected chi connectivity index (χ3v) is 4.21. The number of Topliss-reactive ketones (excluding diaryl/α,β-unsaturated/α-hetero) is 1. The van der Waals surface area contributed by atoms with Crippen molar-refractivity contribution in [2.45, 2.75) is 32.2 Å². The Bertz CT molecular complexity index is 954. The minimum Gasteiger partial charge on any atom is -0.431 e. The number of rotatable bonds is 5. The monoisotopic (exact) mass is 390 g/mol. The molecule has 0 aliphatic carbocycles. The lowest BCUT2D eigenvalue weighted by atomic mass is 9.89. The number of nitrogens with zero attached hydrogens (tertiary/aromatic N) is 3. The maximum absolute atomic E-state index is 14.5. The molecule has 0 saturated carbocycles. The number of allylic oxidation sites excluding steroid dienone is 1. The number of nitrogens with two attached hydrogens (primary N) is 1. The summed E-state index contributed by atoms with van der Waals surface area (Å²) in [4.78, 5) is 23.8. The average Bonchev–Trinajstić information content (AvgIpc) is 2.62. The van der Waals surface area contributed by atoms with Gasteiger partial charge in [-0.1, -0.05) is 6.07 Å². The number of amidine groups is 1. The van der Waals surface area contributed by atoms with Crippen molar-refractivity contribution < 1.29 is 22.7 Å². The minimum absolute atomic E-state index is 0.0504. The first-order valence-electron chi connectivity index (χ1n) is 8.33. The van der Waals surface area contributed by atoms with Gasteiger partial charge in [0.1, 0.15) is 28.5 Å². The van der Waals surface area contributed by atoms with Crippen molar-refractivity contribution in [1.29, 1.82) is 0 Å². The van der Waals surface area contributed by atoms with E-state index in [0.29, 0.717) is 11.3 Å². The highest BCUT2D eigenvalue weighted by Gasteiger charge is 2.31. The molecule has 1 aliphatic heterocycles. The van der Waals surface area contributed by atoms with Crippen LogP contribution in [0, 0.1) is 5.82 Å². The predicted molar refractivity (Wildman–Crippen MR) is 95.2 cm³/mol. The van der Waals surface area contributed by atoms with E-state index in [1.807, 2.05) is 0 Å². The number of aliphatic imine (C=N–C) groups is 1. The third kappa shape index (κ3) is 4.03. The quantitative estimate of drug-likeness (QED) is 0.790. The van der Waals surface area contributed by atoms with E-state index in [-0.39, 0.29) is 23.7 Å². The van der Waals surface area contributed by atoms with Gasteiger partial charge in [0.15, 0.2) is 5.78 Å². The average molecular weight is 390 g/mol. The van der Waals surface area contributed by atoms with Crippen LogP contribution in [0.3, 0.4) is 0 Å². The van der Waals surface area contributed by atoms with Crippen LogP contribution >= 0.6 is 0 Å². The summed E-state index contributed by atoms with van der Waals surface area (Å²) >= 11 is 0. The molecule has 9 heteroatoms. The molecule has 2 aromatic rings. The van der Waals surface area contributed by atoms with Gasteiger partial charge in [0.05, 0.1) is 12.4 Å². The van der Waals surface area contributed by atoms with Crippen LogP contribution in [0.2, 0.25) is 0 Å². The molecule has 1 aromatic heterocycles. The molecule has 6 nitrogen and oxygen atoms in total. The Morgan fingerprint density at radius 2 is 2.04 bits per heavy atom. The van der Waals surface area contributed by atoms with Crippen LogP contribution in [0.15, 0.2) is 47.4 Å². The van der Waals surface area contributed by atoms with Crippen molar-refractivity contribution in [2.75, 3.05) is 0 Å². The van der Waals surface area contributed by atoms with Gasteiger partial charge in [-0.2, -0.15) is 0 Å². The summed E-state index contributed by atoms with van der Waals surface area (Å²) in [5.41, 5.74) is 4.74. The molecule has 2 N–H and O–H groups in total. The lowest BCUT2D eigenvalue weighted by Crippen LogP contribution is -2.30. The molecule has 146 valence electrons. The normalized spacial score (nSPS) is 19.1. The fraction of sp³-hybridized carbons (Fsp3) is 0.263. The maximum atomic E-state index is 14.5. The minimum atomic E-state index is -2.76. The summed E-state index contributed by atoms with van der Waals surface area (Å²) in [7, 11) is 0. The molecule has 0 unspecified atom stereocenters. The van der Waals surface area contributed by atoms with Gasteiger partial charge in [0, 0.05) is 12.0 Å². The molecular formula is C19H17F3N4O2. The second-order valence-corrected chi connectivity index (χ2v) is 6.50. The zero-order chi connectivity index (χ0) is 20.5.